The van der Waals surface area contributed by atoms with Gasteiger partial charge < -0.3 is 14.9 Å². The lowest BCUT2D eigenvalue weighted by atomic mass is 10.1. The van der Waals surface area contributed by atoms with Gasteiger partial charge in [0.1, 0.15) is 5.82 Å². The summed E-state index contributed by atoms with van der Waals surface area (Å²) in [7, 11) is 0. The summed E-state index contributed by atoms with van der Waals surface area (Å²) in [4.78, 5) is 24.5. The highest BCUT2D eigenvalue weighted by Crippen LogP contribution is 2.21. The van der Waals surface area contributed by atoms with Crippen LogP contribution in [0.4, 0.5) is 0 Å². The monoisotopic (exact) mass is 371 g/mol. The number of benzene rings is 2. The first-order valence-electron chi connectivity index (χ1n) is 9.24. The van der Waals surface area contributed by atoms with Crippen LogP contribution >= 0.6 is 0 Å². The summed E-state index contributed by atoms with van der Waals surface area (Å²) < 4.78 is 1.89. The second kappa shape index (κ2) is 7.92. The molecule has 0 spiro atoms. The van der Waals surface area contributed by atoms with E-state index < -0.39 is 0 Å². The van der Waals surface area contributed by atoms with E-state index in [4.69, 9.17) is 0 Å². The molecule has 2 aromatic heterocycles. The number of carbonyl (C=O) groups is 1. The number of imidazole rings is 2. The van der Waals surface area contributed by atoms with E-state index in [9.17, 15) is 4.79 Å². The van der Waals surface area contributed by atoms with Crippen molar-refractivity contribution >= 4 is 5.91 Å². The molecule has 6 nitrogen and oxygen atoms in total. The molecule has 1 unspecified atom stereocenters. The lowest BCUT2D eigenvalue weighted by molar-refractivity contribution is 0.0934. The van der Waals surface area contributed by atoms with Crippen LogP contribution in [-0.2, 0) is 0 Å². The maximum absolute atomic E-state index is 12.7. The van der Waals surface area contributed by atoms with Crippen LogP contribution in [0.3, 0.4) is 0 Å². The summed E-state index contributed by atoms with van der Waals surface area (Å²) in [6.07, 6.45) is 7.85. The maximum Gasteiger partial charge on any atom is 0.251 e. The molecule has 0 bridgehead atoms. The maximum atomic E-state index is 12.7. The number of hydrogen-bond donors (Lipinski definition) is 2. The summed E-state index contributed by atoms with van der Waals surface area (Å²) in [5.74, 6) is 0.631. The molecule has 1 atom stereocenters. The van der Waals surface area contributed by atoms with E-state index >= 15 is 0 Å². The molecule has 0 saturated carbocycles. The Bertz CT molecular complexity index is 1040. The van der Waals surface area contributed by atoms with E-state index in [2.05, 4.69) is 20.3 Å². The molecular weight excluding hydrogens is 350 g/mol. The molecule has 4 rings (SSSR count). The molecule has 0 fully saturated rings. The van der Waals surface area contributed by atoms with E-state index in [-0.39, 0.29) is 11.9 Å². The van der Waals surface area contributed by atoms with E-state index in [0.29, 0.717) is 5.56 Å². The SMILES string of the molecule is CCC(NC(=O)c1ccc(-n2ccnc2)cc1)c1ncc(-c2ccccc2)[nH]1. The third-order valence-electron chi connectivity index (χ3n) is 4.66. The van der Waals surface area contributed by atoms with Crippen molar-refractivity contribution in [3.05, 3.63) is 90.9 Å². The molecule has 1 amide bonds. The third-order valence-corrected chi connectivity index (χ3v) is 4.66. The lowest BCUT2D eigenvalue weighted by Crippen LogP contribution is -2.28. The first-order chi connectivity index (χ1) is 13.7. The van der Waals surface area contributed by atoms with Gasteiger partial charge in [0, 0.05) is 23.6 Å². The van der Waals surface area contributed by atoms with Crippen LogP contribution in [0.5, 0.6) is 0 Å². The van der Waals surface area contributed by atoms with Gasteiger partial charge in [0.2, 0.25) is 0 Å². The topological polar surface area (TPSA) is 75.6 Å². The third kappa shape index (κ3) is 3.71. The van der Waals surface area contributed by atoms with Crippen molar-refractivity contribution in [3.63, 3.8) is 0 Å². The number of nitrogens with one attached hydrogen (secondary N) is 2. The standard InChI is InChI=1S/C22H21N5O/c1-2-19(21-24-14-20(25-21)16-6-4-3-5-7-16)26-22(28)17-8-10-18(11-9-17)27-13-12-23-15-27/h3-15,19H,2H2,1H3,(H,24,25)(H,26,28). The van der Waals surface area contributed by atoms with Crippen LogP contribution in [-0.4, -0.2) is 25.4 Å². The van der Waals surface area contributed by atoms with Gasteiger partial charge in [-0.25, -0.2) is 9.97 Å². The smallest absolute Gasteiger partial charge is 0.251 e. The Hall–Kier alpha value is -3.67. The predicted octanol–water partition coefficient (Wildman–Crippen LogP) is 4.14. The van der Waals surface area contributed by atoms with E-state index in [0.717, 1.165) is 29.2 Å². The molecule has 4 aromatic rings. The van der Waals surface area contributed by atoms with Crippen molar-refractivity contribution in [1.29, 1.82) is 0 Å². The van der Waals surface area contributed by atoms with Gasteiger partial charge in [0.15, 0.2) is 0 Å². The summed E-state index contributed by atoms with van der Waals surface area (Å²) in [6, 6.07) is 17.3. The molecule has 6 heteroatoms. The van der Waals surface area contributed by atoms with Gasteiger partial charge >= 0.3 is 0 Å². The van der Waals surface area contributed by atoms with Crippen LogP contribution in [0.2, 0.25) is 0 Å². The van der Waals surface area contributed by atoms with Crippen LogP contribution < -0.4 is 5.32 Å². The lowest BCUT2D eigenvalue weighted by Gasteiger charge is -2.15. The number of aromatic nitrogens is 4. The fraction of sp³-hybridized carbons (Fsp3) is 0.136. The first-order valence-corrected chi connectivity index (χ1v) is 9.24. The number of H-pyrrole nitrogens is 1. The number of hydrogen-bond acceptors (Lipinski definition) is 3. The highest BCUT2D eigenvalue weighted by molar-refractivity contribution is 5.94. The molecule has 2 heterocycles. The number of amides is 1. The van der Waals surface area contributed by atoms with Crippen molar-refractivity contribution in [2.24, 2.45) is 0 Å². The van der Waals surface area contributed by atoms with Gasteiger partial charge in [-0.15, -0.1) is 0 Å². The quantitative estimate of drug-likeness (QED) is 0.535. The molecule has 0 radical (unpaired) electrons. The van der Waals surface area contributed by atoms with E-state index in [1.165, 1.54) is 0 Å². The molecule has 28 heavy (non-hydrogen) atoms. The summed E-state index contributed by atoms with van der Waals surface area (Å²) in [6.45, 7) is 2.03. The Morgan fingerprint density at radius 3 is 2.61 bits per heavy atom. The summed E-state index contributed by atoms with van der Waals surface area (Å²) in [5, 5.41) is 3.07. The zero-order valence-electron chi connectivity index (χ0n) is 15.5. The average molecular weight is 371 g/mol. The van der Waals surface area contributed by atoms with Crippen molar-refractivity contribution in [3.8, 4) is 16.9 Å². The van der Waals surface area contributed by atoms with Crippen LogP contribution in [0, 0.1) is 0 Å². The van der Waals surface area contributed by atoms with Crippen molar-refractivity contribution in [2.45, 2.75) is 19.4 Å². The second-order valence-electron chi connectivity index (χ2n) is 6.50. The molecule has 0 aliphatic carbocycles. The first kappa shape index (κ1) is 17.7. The fourth-order valence-electron chi connectivity index (χ4n) is 3.08. The second-order valence-corrected chi connectivity index (χ2v) is 6.50. The van der Waals surface area contributed by atoms with Crippen molar-refractivity contribution < 1.29 is 4.79 Å². The van der Waals surface area contributed by atoms with Gasteiger partial charge in [0.25, 0.3) is 5.91 Å². The Balaban J connectivity index is 1.47. The van der Waals surface area contributed by atoms with Crippen molar-refractivity contribution in [1.82, 2.24) is 24.8 Å². The molecule has 2 N–H and O–H groups in total. The Morgan fingerprint density at radius 2 is 1.93 bits per heavy atom. The van der Waals surface area contributed by atoms with Crippen molar-refractivity contribution in [2.75, 3.05) is 0 Å². The van der Waals surface area contributed by atoms with Crippen LogP contribution in [0.15, 0.2) is 79.5 Å². The zero-order chi connectivity index (χ0) is 19.3. The van der Waals surface area contributed by atoms with E-state index in [1.54, 1.807) is 18.7 Å². The number of carbonyl (C=O) groups excluding carboxylic acids is 1. The normalized spacial score (nSPS) is 11.9. The van der Waals surface area contributed by atoms with Gasteiger partial charge in [-0.1, -0.05) is 37.3 Å². The fourth-order valence-corrected chi connectivity index (χ4v) is 3.08. The molecule has 0 saturated heterocycles. The number of nitrogens with zero attached hydrogens (tertiary/aromatic N) is 3. The highest BCUT2D eigenvalue weighted by Gasteiger charge is 2.17. The van der Waals surface area contributed by atoms with Crippen LogP contribution in [0.25, 0.3) is 16.9 Å². The average Bonchev–Trinajstić information content (AvgIpc) is 3.45. The Morgan fingerprint density at radius 1 is 1.14 bits per heavy atom. The minimum absolute atomic E-state index is 0.123. The molecular formula is C22H21N5O. The highest BCUT2D eigenvalue weighted by atomic mass is 16.1. The minimum atomic E-state index is -0.182. The summed E-state index contributed by atoms with van der Waals surface area (Å²) in [5.41, 5.74) is 3.57. The zero-order valence-corrected chi connectivity index (χ0v) is 15.5. The largest absolute Gasteiger partial charge is 0.342 e. The number of aromatic amines is 1. The molecule has 140 valence electrons. The van der Waals surface area contributed by atoms with Gasteiger partial charge in [-0.3, -0.25) is 4.79 Å². The molecule has 0 aliphatic heterocycles. The Labute approximate surface area is 163 Å². The van der Waals surface area contributed by atoms with Crippen LogP contribution in [0.1, 0.15) is 35.6 Å². The summed E-state index contributed by atoms with van der Waals surface area (Å²) >= 11 is 0. The van der Waals surface area contributed by atoms with Gasteiger partial charge in [-0.05, 0) is 36.2 Å². The minimum Gasteiger partial charge on any atom is -0.342 e. The molecule has 2 aromatic carbocycles. The Kier molecular flexibility index (Phi) is 5.01. The number of rotatable bonds is 6. The van der Waals surface area contributed by atoms with E-state index in [1.807, 2.05) is 72.3 Å². The molecule has 0 aliphatic rings. The van der Waals surface area contributed by atoms with Gasteiger partial charge in [0.05, 0.1) is 24.3 Å². The predicted molar refractivity (Wildman–Crippen MR) is 108 cm³/mol. The van der Waals surface area contributed by atoms with Gasteiger partial charge in [-0.2, -0.15) is 0 Å².